The van der Waals surface area contributed by atoms with Crippen molar-refractivity contribution in [2.24, 2.45) is 0 Å². The molecule has 1 aromatic carbocycles. The van der Waals surface area contributed by atoms with Crippen LogP contribution in [0.1, 0.15) is 38.5 Å². The molecular weight excluding hydrogens is 402 g/mol. The molecule has 4 heterocycles. The van der Waals surface area contributed by atoms with Crippen LogP contribution in [0.15, 0.2) is 42.9 Å². The fourth-order valence-electron chi connectivity index (χ4n) is 5.14. The predicted molar refractivity (Wildman–Crippen MR) is 123 cm³/mol. The van der Waals surface area contributed by atoms with Crippen LogP contribution in [0.2, 0.25) is 0 Å². The lowest BCUT2D eigenvalue weighted by molar-refractivity contribution is -0.130. The smallest absolute Gasteiger partial charge is 0.224 e. The number of benzene rings is 1. The summed E-state index contributed by atoms with van der Waals surface area (Å²) in [5.74, 6) is 0.984. The van der Waals surface area contributed by atoms with Gasteiger partial charge in [-0.05, 0) is 55.9 Å². The van der Waals surface area contributed by atoms with E-state index in [0.717, 1.165) is 78.1 Å². The molecule has 1 saturated carbocycles. The number of hydrogen-bond acceptors (Lipinski definition) is 6. The maximum absolute atomic E-state index is 12.0. The minimum Gasteiger partial charge on any atom is -0.351 e. The zero-order chi connectivity index (χ0) is 21.5. The van der Waals surface area contributed by atoms with E-state index in [1.54, 1.807) is 6.20 Å². The predicted octanol–water partition coefficient (Wildman–Crippen LogP) is 3.91. The first-order valence-electron chi connectivity index (χ1n) is 11.4. The highest BCUT2D eigenvalue weighted by Crippen LogP contribution is 2.31. The number of anilines is 1. The van der Waals surface area contributed by atoms with Crippen molar-refractivity contribution < 1.29 is 4.79 Å². The molecule has 2 aliphatic rings. The number of nitrogens with one attached hydrogen (secondary N) is 2. The number of likely N-dealkylation sites (tertiary alicyclic amines) is 1. The van der Waals surface area contributed by atoms with Gasteiger partial charge in [0.15, 0.2) is 0 Å². The minimum atomic E-state index is 0.331. The van der Waals surface area contributed by atoms with Crippen LogP contribution < -0.4 is 5.32 Å². The fourth-order valence-corrected chi connectivity index (χ4v) is 5.14. The summed E-state index contributed by atoms with van der Waals surface area (Å²) >= 11 is 0. The van der Waals surface area contributed by atoms with Gasteiger partial charge < -0.3 is 15.2 Å². The van der Waals surface area contributed by atoms with Crippen LogP contribution in [0.25, 0.3) is 33.1 Å². The van der Waals surface area contributed by atoms with E-state index in [4.69, 9.17) is 4.98 Å². The summed E-state index contributed by atoms with van der Waals surface area (Å²) in [6.07, 6.45) is 11.5. The molecule has 8 nitrogen and oxygen atoms in total. The van der Waals surface area contributed by atoms with Crippen LogP contribution in [0.5, 0.6) is 0 Å². The summed E-state index contributed by atoms with van der Waals surface area (Å²) in [4.78, 5) is 26.7. The Morgan fingerprint density at radius 3 is 2.88 bits per heavy atom. The molecule has 0 radical (unpaired) electrons. The Kier molecular flexibility index (Phi) is 4.70. The van der Waals surface area contributed by atoms with Crippen molar-refractivity contribution in [2.75, 3.05) is 11.9 Å². The molecule has 2 N–H and O–H groups in total. The first-order valence-corrected chi connectivity index (χ1v) is 11.4. The largest absolute Gasteiger partial charge is 0.351 e. The first-order chi connectivity index (χ1) is 15.7. The van der Waals surface area contributed by atoms with Gasteiger partial charge in [-0.3, -0.25) is 4.79 Å². The average molecular weight is 428 g/mol. The lowest BCUT2D eigenvalue weighted by Crippen LogP contribution is -2.41. The van der Waals surface area contributed by atoms with E-state index in [1.165, 1.54) is 0 Å². The molecule has 32 heavy (non-hydrogen) atoms. The van der Waals surface area contributed by atoms with E-state index >= 15 is 0 Å². The number of carbonyl (C=O) groups is 1. The summed E-state index contributed by atoms with van der Waals surface area (Å²) in [5, 5.41) is 13.6. The maximum atomic E-state index is 12.0. The summed E-state index contributed by atoms with van der Waals surface area (Å²) < 4.78 is 0. The number of aromatic amines is 1. The summed E-state index contributed by atoms with van der Waals surface area (Å²) in [7, 11) is 0. The second-order valence-corrected chi connectivity index (χ2v) is 8.80. The van der Waals surface area contributed by atoms with Gasteiger partial charge in [-0.2, -0.15) is 15.2 Å². The van der Waals surface area contributed by atoms with Gasteiger partial charge in [0.2, 0.25) is 11.9 Å². The molecule has 6 rings (SSSR count). The summed E-state index contributed by atoms with van der Waals surface area (Å²) in [6.45, 7) is 0.932. The molecule has 162 valence electrons. The minimum absolute atomic E-state index is 0.331. The molecule has 0 spiro atoms. The number of carbonyl (C=O) groups excluding carboxylic acids is 1. The number of H-pyrrole nitrogens is 1. The zero-order valence-corrected chi connectivity index (χ0v) is 17.8. The van der Waals surface area contributed by atoms with Gasteiger partial charge in [0.05, 0.1) is 11.7 Å². The molecule has 4 aromatic rings. The van der Waals surface area contributed by atoms with Crippen molar-refractivity contribution in [3.05, 3.63) is 42.9 Å². The van der Waals surface area contributed by atoms with Gasteiger partial charge >= 0.3 is 0 Å². The molecule has 8 heteroatoms. The van der Waals surface area contributed by atoms with Crippen molar-refractivity contribution in [1.82, 2.24) is 30.0 Å². The third kappa shape index (κ3) is 3.45. The highest BCUT2D eigenvalue weighted by Gasteiger charge is 2.31. The summed E-state index contributed by atoms with van der Waals surface area (Å²) in [5.41, 5.74) is 3.86. The Balaban J connectivity index is 1.17. The zero-order valence-electron chi connectivity index (χ0n) is 17.8. The molecule has 1 amide bonds. The van der Waals surface area contributed by atoms with E-state index in [2.05, 4.69) is 42.5 Å². The molecule has 1 saturated heterocycles. The van der Waals surface area contributed by atoms with Crippen molar-refractivity contribution in [3.63, 3.8) is 0 Å². The molecular formula is C24H25N7O. The van der Waals surface area contributed by atoms with Crippen molar-refractivity contribution in [3.8, 4) is 11.1 Å². The van der Waals surface area contributed by atoms with Crippen LogP contribution in [0.4, 0.5) is 5.95 Å². The van der Waals surface area contributed by atoms with E-state index in [1.807, 2.05) is 24.5 Å². The Hall–Kier alpha value is -3.55. The topological polar surface area (TPSA) is 99.7 Å². The Morgan fingerprint density at radius 1 is 1.12 bits per heavy atom. The highest BCUT2D eigenvalue weighted by molar-refractivity contribution is 5.96. The van der Waals surface area contributed by atoms with Crippen molar-refractivity contribution in [2.45, 2.75) is 50.6 Å². The number of aromatic nitrogens is 5. The number of fused-ring (bicyclic) bond motifs is 2. The van der Waals surface area contributed by atoms with Crippen molar-refractivity contribution in [1.29, 1.82) is 0 Å². The Morgan fingerprint density at radius 2 is 2.03 bits per heavy atom. The normalized spacial score (nSPS) is 21.5. The lowest BCUT2D eigenvalue weighted by atomic mass is 9.90. The third-order valence-electron chi connectivity index (χ3n) is 6.84. The van der Waals surface area contributed by atoms with E-state index in [-0.39, 0.29) is 0 Å². The lowest BCUT2D eigenvalue weighted by Gasteiger charge is -2.34. The van der Waals surface area contributed by atoms with Gasteiger partial charge in [-0.1, -0.05) is 6.07 Å². The molecule has 0 atom stereocenters. The molecule has 1 aliphatic heterocycles. The number of hydrogen-bond donors (Lipinski definition) is 2. The van der Waals surface area contributed by atoms with Crippen LogP contribution in [-0.4, -0.2) is 54.6 Å². The van der Waals surface area contributed by atoms with Crippen LogP contribution in [-0.2, 0) is 4.79 Å². The van der Waals surface area contributed by atoms with Crippen LogP contribution >= 0.6 is 0 Å². The van der Waals surface area contributed by atoms with Crippen molar-refractivity contribution >= 4 is 33.8 Å². The standard InChI is InChI=1S/C24H25N7O/c32-22-2-1-11-31(22)18-6-4-17(5-7-18)28-24-26-14-20-19(13-25-23(20)29-24)15-3-8-21-16(12-15)9-10-27-30-21/h3,8-10,12-14,17-18H,1-2,4-7,11H2,(H2,25,26,28,29). The van der Waals surface area contributed by atoms with Crippen LogP contribution in [0, 0.1) is 0 Å². The number of nitrogens with zero attached hydrogens (tertiary/aromatic N) is 5. The first kappa shape index (κ1) is 19.2. The van der Waals surface area contributed by atoms with E-state index < -0.39 is 0 Å². The van der Waals surface area contributed by atoms with Gasteiger partial charge in [-0.25, -0.2) is 4.98 Å². The van der Waals surface area contributed by atoms with Crippen LogP contribution in [0.3, 0.4) is 0 Å². The summed E-state index contributed by atoms with van der Waals surface area (Å²) in [6, 6.07) is 8.87. The average Bonchev–Trinajstić information content (AvgIpc) is 3.45. The Labute approximate surface area is 185 Å². The third-order valence-corrected chi connectivity index (χ3v) is 6.84. The van der Waals surface area contributed by atoms with E-state index in [0.29, 0.717) is 23.9 Å². The number of amides is 1. The maximum Gasteiger partial charge on any atom is 0.224 e. The van der Waals surface area contributed by atoms with Gasteiger partial charge in [0.1, 0.15) is 5.65 Å². The molecule has 0 unspecified atom stereocenters. The van der Waals surface area contributed by atoms with Gasteiger partial charge in [0.25, 0.3) is 0 Å². The molecule has 2 fully saturated rings. The van der Waals surface area contributed by atoms with E-state index in [9.17, 15) is 4.79 Å². The Bertz CT molecular complexity index is 1290. The highest BCUT2D eigenvalue weighted by atomic mass is 16.2. The van der Waals surface area contributed by atoms with Gasteiger partial charge in [-0.15, -0.1) is 0 Å². The fraction of sp³-hybridized carbons (Fsp3) is 0.375. The molecule has 0 bridgehead atoms. The quantitative estimate of drug-likeness (QED) is 0.512. The second kappa shape index (κ2) is 7.85. The SMILES string of the molecule is O=C1CCCN1C1CCC(Nc2ncc3c(-c4ccc5nnccc5c4)c[nH]c3n2)CC1. The molecule has 3 aromatic heterocycles. The monoisotopic (exact) mass is 427 g/mol. The number of rotatable bonds is 4. The molecule has 1 aliphatic carbocycles. The van der Waals surface area contributed by atoms with Gasteiger partial charge in [0, 0.05) is 53.8 Å². The second-order valence-electron chi connectivity index (χ2n) is 8.80.